The molecule has 1 unspecified atom stereocenters. The largest absolute Gasteiger partial charge is 0.464 e. The summed E-state index contributed by atoms with van der Waals surface area (Å²) in [5, 5.41) is 5.49. The maximum Gasteiger partial charge on any atom is 0.328 e. The highest BCUT2D eigenvalue weighted by atomic mass is 127. The predicted molar refractivity (Wildman–Crippen MR) is 169 cm³/mol. The third kappa shape index (κ3) is 10.0. The summed E-state index contributed by atoms with van der Waals surface area (Å²) in [6, 6.07) is -0.980. The maximum absolute atomic E-state index is 14.3. The quantitative estimate of drug-likeness (QED) is 0.153. The van der Waals surface area contributed by atoms with E-state index in [4.69, 9.17) is 15.2 Å². The number of rotatable bonds is 13. The van der Waals surface area contributed by atoms with Crippen LogP contribution < -0.4 is 16.4 Å². The Morgan fingerprint density at radius 3 is 1.87 bits per heavy atom. The smallest absolute Gasteiger partial charge is 0.328 e. The van der Waals surface area contributed by atoms with Crippen LogP contribution in [0.2, 0.25) is 0 Å². The van der Waals surface area contributed by atoms with E-state index in [0.29, 0.717) is 41.5 Å². The first-order valence-corrected chi connectivity index (χ1v) is 15.1. The van der Waals surface area contributed by atoms with Gasteiger partial charge in [-0.15, -0.1) is 0 Å². The molecule has 212 valence electrons. The van der Waals surface area contributed by atoms with Crippen molar-refractivity contribution in [3.8, 4) is 0 Å². The van der Waals surface area contributed by atoms with Crippen LogP contribution in [-0.4, -0.2) is 66.4 Å². The molecule has 0 radical (unpaired) electrons. The van der Waals surface area contributed by atoms with Crippen molar-refractivity contribution in [1.82, 2.24) is 4.90 Å². The molecule has 0 aliphatic rings. The molecule has 0 aliphatic heterocycles. The normalized spacial score (nSPS) is 12.2. The first-order valence-electron chi connectivity index (χ1n) is 11.9. The SMILES string of the molecule is CCOC(=O)[C@H](CCCCN)N(CC(C)OC(C)=O)C(=O)c1c(I)c(NC(C)=O)c(I)c(NC(C)=O)c1I. The van der Waals surface area contributed by atoms with Crippen LogP contribution in [0, 0.1) is 10.7 Å². The van der Waals surface area contributed by atoms with Crippen molar-refractivity contribution >= 4 is 109 Å². The average molecular weight is 870 g/mol. The molecule has 2 atom stereocenters. The Bertz CT molecular complexity index is 1020. The van der Waals surface area contributed by atoms with Crippen molar-refractivity contribution in [2.45, 2.75) is 66.0 Å². The Kier molecular flexibility index (Phi) is 15.3. The minimum absolute atomic E-state index is 0.0897. The van der Waals surface area contributed by atoms with Crippen molar-refractivity contribution in [2.75, 3.05) is 30.3 Å². The Hall–Kier alpha value is -1.28. The number of benzene rings is 1. The number of amides is 3. The van der Waals surface area contributed by atoms with Gasteiger partial charge in [-0.05, 0) is 107 Å². The van der Waals surface area contributed by atoms with Gasteiger partial charge in [0.25, 0.3) is 5.91 Å². The van der Waals surface area contributed by atoms with E-state index in [1.807, 2.05) is 67.8 Å². The summed E-state index contributed by atoms with van der Waals surface area (Å²) >= 11 is 5.93. The molecule has 11 nitrogen and oxygen atoms in total. The van der Waals surface area contributed by atoms with Crippen LogP contribution >= 0.6 is 67.8 Å². The molecule has 14 heteroatoms. The van der Waals surface area contributed by atoms with E-state index in [1.165, 1.54) is 25.7 Å². The lowest BCUT2D eigenvalue weighted by atomic mass is 10.0. The highest BCUT2D eigenvalue weighted by molar-refractivity contribution is 14.1. The fourth-order valence-electron chi connectivity index (χ4n) is 3.64. The van der Waals surface area contributed by atoms with Gasteiger partial charge in [-0.1, -0.05) is 0 Å². The van der Waals surface area contributed by atoms with Crippen LogP contribution in [0.3, 0.4) is 0 Å². The van der Waals surface area contributed by atoms with E-state index in [0.717, 1.165) is 0 Å². The number of halogens is 3. The number of unbranched alkanes of at least 4 members (excludes halogenated alkanes) is 1. The van der Waals surface area contributed by atoms with Gasteiger partial charge < -0.3 is 30.7 Å². The van der Waals surface area contributed by atoms with Gasteiger partial charge in [0.15, 0.2) is 0 Å². The number of carbonyl (C=O) groups excluding carboxylic acids is 5. The number of hydrogen-bond acceptors (Lipinski definition) is 8. The lowest BCUT2D eigenvalue weighted by Crippen LogP contribution is -2.49. The van der Waals surface area contributed by atoms with Crippen molar-refractivity contribution in [1.29, 1.82) is 0 Å². The lowest BCUT2D eigenvalue weighted by Gasteiger charge is -2.33. The van der Waals surface area contributed by atoms with Gasteiger partial charge in [0.2, 0.25) is 11.8 Å². The molecule has 3 amide bonds. The molecule has 0 aliphatic carbocycles. The zero-order chi connectivity index (χ0) is 29.2. The van der Waals surface area contributed by atoms with E-state index in [1.54, 1.807) is 13.8 Å². The van der Waals surface area contributed by atoms with Crippen LogP contribution in [-0.2, 0) is 28.7 Å². The Morgan fingerprint density at radius 2 is 1.45 bits per heavy atom. The molecule has 0 bridgehead atoms. The molecule has 38 heavy (non-hydrogen) atoms. The molecule has 1 aromatic rings. The molecule has 0 saturated carbocycles. The predicted octanol–water partition coefficient (Wildman–Crippen LogP) is 3.87. The second kappa shape index (κ2) is 16.7. The van der Waals surface area contributed by atoms with Gasteiger partial charge in [-0.2, -0.15) is 0 Å². The van der Waals surface area contributed by atoms with Crippen molar-refractivity contribution in [2.24, 2.45) is 5.73 Å². The molecule has 0 fully saturated rings. The molecule has 0 spiro atoms. The van der Waals surface area contributed by atoms with Gasteiger partial charge in [-0.25, -0.2) is 4.79 Å². The number of ether oxygens (including phenoxy) is 2. The summed E-state index contributed by atoms with van der Waals surface area (Å²) in [5.41, 5.74) is 6.55. The minimum atomic E-state index is -0.980. The number of nitrogens with one attached hydrogen (secondary N) is 2. The molecule has 1 aromatic carbocycles. The second-order valence-corrected chi connectivity index (χ2v) is 11.6. The van der Waals surface area contributed by atoms with E-state index in [9.17, 15) is 24.0 Å². The zero-order valence-corrected chi connectivity index (χ0v) is 28.4. The zero-order valence-electron chi connectivity index (χ0n) is 21.9. The molecule has 0 heterocycles. The standard InChI is InChI=1S/C24H33I3N4O7/c1-6-37-24(36)16(9-7-8-10-28)31(11-12(2)38-15(5)34)23(35)17-18(25)21(29-13(3)32)20(27)22(19(17)26)30-14(4)33/h12,16H,6-11,28H2,1-5H3,(H,29,32)(H,30,33)/t12?,16-/m0/s1. The number of esters is 2. The summed E-state index contributed by atoms with van der Waals surface area (Å²) in [4.78, 5) is 64.3. The number of carbonyl (C=O) groups is 5. The van der Waals surface area contributed by atoms with Gasteiger partial charge in [0, 0.05) is 20.8 Å². The van der Waals surface area contributed by atoms with E-state index in [2.05, 4.69) is 10.6 Å². The molecule has 0 saturated heterocycles. The Balaban J connectivity index is 3.85. The molecular weight excluding hydrogens is 837 g/mol. The van der Waals surface area contributed by atoms with E-state index in [-0.39, 0.29) is 37.0 Å². The summed E-state index contributed by atoms with van der Waals surface area (Å²) in [5.74, 6) is -2.38. The third-order valence-electron chi connectivity index (χ3n) is 5.08. The highest BCUT2D eigenvalue weighted by Crippen LogP contribution is 2.40. The topological polar surface area (TPSA) is 157 Å². The summed E-state index contributed by atoms with van der Waals surface area (Å²) < 4.78 is 12.0. The fraction of sp³-hybridized carbons (Fsp3) is 0.542. The lowest BCUT2D eigenvalue weighted by molar-refractivity contribution is -0.150. The first kappa shape index (κ1) is 34.7. The first-order chi connectivity index (χ1) is 17.8. The number of hydrogen-bond donors (Lipinski definition) is 3. The molecule has 4 N–H and O–H groups in total. The van der Waals surface area contributed by atoms with E-state index >= 15 is 0 Å². The second-order valence-electron chi connectivity index (χ2n) is 8.36. The minimum Gasteiger partial charge on any atom is -0.464 e. The van der Waals surface area contributed by atoms with Crippen molar-refractivity contribution < 1.29 is 33.4 Å². The monoisotopic (exact) mass is 870 g/mol. The summed E-state index contributed by atoms with van der Waals surface area (Å²) in [6.07, 6.45) is 0.742. The van der Waals surface area contributed by atoms with Crippen LogP contribution in [0.5, 0.6) is 0 Å². The number of anilines is 2. The third-order valence-corrected chi connectivity index (χ3v) is 8.32. The van der Waals surface area contributed by atoms with Crippen molar-refractivity contribution in [3.05, 3.63) is 16.3 Å². The maximum atomic E-state index is 14.3. The Labute approximate surface area is 263 Å². The van der Waals surface area contributed by atoms with Gasteiger partial charge in [0.05, 0.1) is 40.8 Å². The van der Waals surface area contributed by atoms with Crippen molar-refractivity contribution in [3.63, 3.8) is 0 Å². The fourth-order valence-corrected chi connectivity index (χ4v) is 7.80. The van der Waals surface area contributed by atoms with Gasteiger partial charge in [0.1, 0.15) is 12.1 Å². The van der Waals surface area contributed by atoms with Crippen LogP contribution in [0.15, 0.2) is 0 Å². The highest BCUT2D eigenvalue weighted by Gasteiger charge is 2.36. The molecule has 1 rings (SSSR count). The van der Waals surface area contributed by atoms with Crippen LogP contribution in [0.1, 0.15) is 64.2 Å². The molecule has 0 aromatic heterocycles. The number of nitrogens with two attached hydrogens (primary N) is 1. The van der Waals surface area contributed by atoms with E-state index < -0.39 is 30.0 Å². The van der Waals surface area contributed by atoms with Crippen LogP contribution in [0.4, 0.5) is 11.4 Å². The van der Waals surface area contributed by atoms with Gasteiger partial charge in [-0.3, -0.25) is 19.2 Å². The summed E-state index contributed by atoms with van der Waals surface area (Å²) in [6.45, 7) is 7.68. The number of nitrogens with zero attached hydrogens (tertiary/aromatic N) is 1. The molecular formula is C24H33I3N4O7. The summed E-state index contributed by atoms with van der Waals surface area (Å²) in [7, 11) is 0. The average Bonchev–Trinajstić information content (AvgIpc) is 2.80. The Morgan fingerprint density at radius 1 is 0.921 bits per heavy atom. The van der Waals surface area contributed by atoms with Gasteiger partial charge >= 0.3 is 11.9 Å². The van der Waals surface area contributed by atoms with Crippen LogP contribution in [0.25, 0.3) is 0 Å².